The molecule has 1 aromatic carbocycles. The Morgan fingerprint density at radius 2 is 2.28 bits per heavy atom. The molecule has 0 bridgehead atoms. The molecule has 0 aliphatic carbocycles. The number of carboxylic acid groups (broad SMARTS) is 1. The van der Waals surface area contributed by atoms with Gasteiger partial charge in [0.05, 0.1) is 6.61 Å². The molecule has 0 radical (unpaired) electrons. The molecule has 0 amide bonds. The summed E-state index contributed by atoms with van der Waals surface area (Å²) in [7, 11) is 0. The molecule has 0 atom stereocenters. The molecule has 0 saturated carbocycles. The SMILES string of the molecule is CC=C(NOCC=Cc1cccc(C)c1)C(=O)O. The Kier molecular flexibility index (Phi) is 5.67. The zero-order chi connectivity index (χ0) is 13.4. The number of hydrogen-bond donors (Lipinski definition) is 2. The molecule has 4 nitrogen and oxygen atoms in total. The Labute approximate surface area is 107 Å². The van der Waals surface area contributed by atoms with E-state index in [4.69, 9.17) is 9.94 Å². The van der Waals surface area contributed by atoms with Crippen molar-refractivity contribution in [3.63, 3.8) is 0 Å². The van der Waals surface area contributed by atoms with Crippen LogP contribution in [0.15, 0.2) is 42.1 Å². The van der Waals surface area contributed by atoms with E-state index in [-0.39, 0.29) is 5.70 Å². The number of aryl methyl sites for hydroxylation is 1. The molecule has 0 spiro atoms. The summed E-state index contributed by atoms with van der Waals surface area (Å²) in [5.41, 5.74) is 4.68. The zero-order valence-corrected chi connectivity index (χ0v) is 10.5. The van der Waals surface area contributed by atoms with Crippen LogP contribution in [0.5, 0.6) is 0 Å². The van der Waals surface area contributed by atoms with E-state index in [1.807, 2.05) is 37.3 Å². The highest BCUT2D eigenvalue weighted by Crippen LogP contribution is 2.05. The van der Waals surface area contributed by atoms with Gasteiger partial charge in [0.1, 0.15) is 5.70 Å². The zero-order valence-electron chi connectivity index (χ0n) is 10.5. The average Bonchev–Trinajstić information content (AvgIpc) is 2.33. The standard InChI is InChI=1S/C14H17NO3/c1-3-13(14(16)17)15-18-9-5-8-12-7-4-6-11(2)10-12/h3-8,10,15H,9H2,1-2H3,(H,16,17). The fourth-order valence-corrected chi connectivity index (χ4v) is 1.35. The maximum absolute atomic E-state index is 10.6. The second kappa shape index (κ2) is 7.29. The van der Waals surface area contributed by atoms with Crippen LogP contribution in [-0.2, 0) is 9.63 Å². The number of hydroxylamine groups is 1. The topological polar surface area (TPSA) is 58.6 Å². The molecule has 4 heteroatoms. The number of aliphatic carboxylic acids is 1. The lowest BCUT2D eigenvalue weighted by Crippen LogP contribution is -2.20. The second-order valence-corrected chi connectivity index (χ2v) is 3.74. The van der Waals surface area contributed by atoms with E-state index < -0.39 is 5.97 Å². The number of nitrogens with one attached hydrogen (secondary N) is 1. The minimum Gasteiger partial charge on any atom is -0.477 e. The second-order valence-electron chi connectivity index (χ2n) is 3.74. The van der Waals surface area contributed by atoms with Gasteiger partial charge in [-0.2, -0.15) is 0 Å². The number of carboxylic acids is 1. The van der Waals surface area contributed by atoms with Gasteiger partial charge in [-0.3, -0.25) is 10.3 Å². The Morgan fingerprint density at radius 1 is 1.50 bits per heavy atom. The number of rotatable bonds is 6. The van der Waals surface area contributed by atoms with E-state index in [0.717, 1.165) is 5.56 Å². The summed E-state index contributed by atoms with van der Waals surface area (Å²) in [5, 5.41) is 8.71. The first kappa shape index (κ1) is 14.0. The molecule has 0 aliphatic rings. The molecule has 0 fully saturated rings. The molecule has 0 aromatic heterocycles. The number of allylic oxidation sites excluding steroid dienone is 1. The third kappa shape index (κ3) is 4.84. The van der Waals surface area contributed by atoms with Crippen molar-refractivity contribution in [2.24, 2.45) is 0 Å². The minimum atomic E-state index is -1.04. The predicted octanol–water partition coefficient (Wildman–Crippen LogP) is 2.52. The van der Waals surface area contributed by atoms with Gasteiger partial charge in [0.2, 0.25) is 0 Å². The molecular weight excluding hydrogens is 230 g/mol. The van der Waals surface area contributed by atoms with E-state index in [0.29, 0.717) is 6.61 Å². The molecule has 1 aromatic rings. The Bertz CT molecular complexity index is 464. The Hall–Kier alpha value is -2.07. The highest BCUT2D eigenvalue weighted by molar-refractivity contribution is 5.85. The number of hydrogen-bond acceptors (Lipinski definition) is 3. The van der Waals surface area contributed by atoms with Gasteiger partial charge >= 0.3 is 5.97 Å². The van der Waals surface area contributed by atoms with E-state index >= 15 is 0 Å². The normalized spacial score (nSPS) is 11.8. The Morgan fingerprint density at radius 3 is 2.89 bits per heavy atom. The summed E-state index contributed by atoms with van der Waals surface area (Å²) >= 11 is 0. The van der Waals surface area contributed by atoms with E-state index in [1.54, 1.807) is 6.92 Å². The minimum absolute atomic E-state index is 0.0268. The summed E-state index contributed by atoms with van der Waals surface area (Å²) in [6.07, 6.45) is 5.17. The first-order valence-electron chi connectivity index (χ1n) is 5.64. The molecule has 1 rings (SSSR count). The third-order valence-corrected chi connectivity index (χ3v) is 2.23. The van der Waals surface area contributed by atoms with Crippen LogP contribution in [0.1, 0.15) is 18.1 Å². The van der Waals surface area contributed by atoms with E-state index in [9.17, 15) is 4.79 Å². The summed E-state index contributed by atoms with van der Waals surface area (Å²) in [6, 6.07) is 8.06. The van der Waals surface area contributed by atoms with Gasteiger partial charge in [0.25, 0.3) is 0 Å². The van der Waals surface area contributed by atoms with Gasteiger partial charge < -0.3 is 5.11 Å². The largest absolute Gasteiger partial charge is 0.477 e. The van der Waals surface area contributed by atoms with Crippen LogP contribution in [0.3, 0.4) is 0 Å². The highest BCUT2D eigenvalue weighted by Gasteiger charge is 2.03. The molecule has 0 saturated heterocycles. The average molecular weight is 247 g/mol. The van der Waals surface area contributed by atoms with Gasteiger partial charge in [0.15, 0.2) is 0 Å². The first-order valence-corrected chi connectivity index (χ1v) is 5.64. The van der Waals surface area contributed by atoms with E-state index in [2.05, 4.69) is 11.5 Å². The van der Waals surface area contributed by atoms with E-state index in [1.165, 1.54) is 11.6 Å². The Balaban J connectivity index is 2.36. The molecule has 0 unspecified atom stereocenters. The van der Waals surface area contributed by atoms with Gasteiger partial charge in [-0.05, 0) is 19.4 Å². The number of carbonyl (C=O) groups is 1. The van der Waals surface area contributed by atoms with Gasteiger partial charge in [0, 0.05) is 0 Å². The molecule has 18 heavy (non-hydrogen) atoms. The van der Waals surface area contributed by atoms with Crippen molar-refractivity contribution in [3.8, 4) is 0 Å². The summed E-state index contributed by atoms with van der Waals surface area (Å²) in [6.45, 7) is 3.95. The van der Waals surface area contributed by atoms with Crippen molar-refractivity contribution in [3.05, 3.63) is 53.2 Å². The van der Waals surface area contributed by atoms with Gasteiger partial charge in [-0.1, -0.05) is 48.1 Å². The van der Waals surface area contributed by atoms with Crippen LogP contribution in [0.4, 0.5) is 0 Å². The monoisotopic (exact) mass is 247 g/mol. The first-order chi connectivity index (χ1) is 8.63. The maximum Gasteiger partial charge on any atom is 0.353 e. The van der Waals surface area contributed by atoms with Crippen LogP contribution in [-0.4, -0.2) is 17.7 Å². The fraction of sp³-hybridized carbons (Fsp3) is 0.214. The molecule has 0 aliphatic heterocycles. The van der Waals surface area contributed by atoms with Crippen LogP contribution in [0, 0.1) is 6.92 Å². The lowest BCUT2D eigenvalue weighted by molar-refractivity contribution is -0.134. The molecule has 0 heterocycles. The fourth-order valence-electron chi connectivity index (χ4n) is 1.35. The maximum atomic E-state index is 10.6. The molecule has 2 N–H and O–H groups in total. The van der Waals surface area contributed by atoms with Crippen molar-refractivity contribution in [1.29, 1.82) is 0 Å². The highest BCUT2D eigenvalue weighted by atomic mass is 16.6. The van der Waals surface area contributed by atoms with Crippen molar-refractivity contribution in [2.45, 2.75) is 13.8 Å². The van der Waals surface area contributed by atoms with Crippen molar-refractivity contribution < 1.29 is 14.7 Å². The van der Waals surface area contributed by atoms with Crippen LogP contribution >= 0.6 is 0 Å². The van der Waals surface area contributed by atoms with Gasteiger partial charge in [-0.25, -0.2) is 4.79 Å². The summed E-state index contributed by atoms with van der Waals surface area (Å²) in [5.74, 6) is -1.04. The van der Waals surface area contributed by atoms with Crippen molar-refractivity contribution >= 4 is 12.0 Å². The number of benzene rings is 1. The lowest BCUT2D eigenvalue weighted by Gasteiger charge is -2.04. The van der Waals surface area contributed by atoms with Crippen LogP contribution in [0.25, 0.3) is 6.08 Å². The van der Waals surface area contributed by atoms with Crippen LogP contribution < -0.4 is 5.48 Å². The third-order valence-electron chi connectivity index (χ3n) is 2.23. The predicted molar refractivity (Wildman–Crippen MR) is 70.7 cm³/mol. The van der Waals surface area contributed by atoms with Crippen LogP contribution in [0.2, 0.25) is 0 Å². The lowest BCUT2D eigenvalue weighted by atomic mass is 10.1. The quantitative estimate of drug-likeness (QED) is 0.460. The molecular formula is C14H17NO3. The van der Waals surface area contributed by atoms with Crippen molar-refractivity contribution in [1.82, 2.24) is 5.48 Å². The van der Waals surface area contributed by atoms with Gasteiger partial charge in [-0.15, -0.1) is 0 Å². The summed E-state index contributed by atoms with van der Waals surface area (Å²) in [4.78, 5) is 15.6. The smallest absolute Gasteiger partial charge is 0.353 e. The summed E-state index contributed by atoms with van der Waals surface area (Å²) < 4.78 is 0. The molecule has 96 valence electrons. The van der Waals surface area contributed by atoms with Crippen molar-refractivity contribution in [2.75, 3.05) is 6.61 Å².